The molecule has 0 amide bonds. The molecular formula is C15H27NO4. The van der Waals surface area contributed by atoms with Gasteiger partial charge in [-0.2, -0.15) is 0 Å². The van der Waals surface area contributed by atoms with E-state index in [1.807, 2.05) is 20.8 Å². The molecule has 0 rings (SSSR count). The van der Waals surface area contributed by atoms with Crippen molar-refractivity contribution in [3.63, 3.8) is 0 Å². The Bertz CT molecular complexity index is 367. The predicted molar refractivity (Wildman–Crippen MR) is 80.0 cm³/mol. The number of hydrogen-bond donors (Lipinski definition) is 1. The highest BCUT2D eigenvalue weighted by Crippen LogP contribution is 2.17. The Balaban J connectivity index is 0. The Morgan fingerprint density at radius 1 is 1.10 bits per heavy atom. The molecule has 0 aromatic carbocycles. The normalized spacial score (nSPS) is 11.6. The van der Waals surface area contributed by atoms with Gasteiger partial charge in [0.25, 0.3) is 0 Å². The van der Waals surface area contributed by atoms with E-state index in [0.29, 0.717) is 11.1 Å². The Labute approximate surface area is 121 Å². The molecule has 0 aromatic rings. The zero-order chi connectivity index (χ0) is 16.5. The van der Waals surface area contributed by atoms with Crippen LogP contribution in [0, 0.1) is 5.41 Å². The van der Waals surface area contributed by atoms with Crippen LogP contribution in [-0.2, 0) is 19.1 Å². The highest BCUT2D eigenvalue weighted by Gasteiger charge is 2.21. The molecule has 1 unspecified atom stereocenters. The van der Waals surface area contributed by atoms with Gasteiger partial charge in [0.05, 0.1) is 7.11 Å². The van der Waals surface area contributed by atoms with Crippen LogP contribution in [0.3, 0.4) is 0 Å². The van der Waals surface area contributed by atoms with Gasteiger partial charge >= 0.3 is 11.9 Å². The summed E-state index contributed by atoms with van der Waals surface area (Å²) >= 11 is 0. The molecule has 0 fully saturated rings. The smallest absolute Gasteiger partial charge is 0.333 e. The van der Waals surface area contributed by atoms with Gasteiger partial charge in [0.1, 0.15) is 6.61 Å². The Morgan fingerprint density at radius 2 is 1.50 bits per heavy atom. The van der Waals surface area contributed by atoms with Crippen LogP contribution in [0.1, 0.15) is 34.6 Å². The first-order chi connectivity index (χ1) is 8.93. The average Bonchev–Trinajstić information content (AvgIpc) is 2.33. The van der Waals surface area contributed by atoms with E-state index in [1.54, 1.807) is 13.8 Å². The number of carbonyl (C=O) groups is 2. The minimum atomic E-state index is -0.375. The summed E-state index contributed by atoms with van der Waals surface area (Å²) in [6.07, 6.45) is 0. The maximum Gasteiger partial charge on any atom is 0.333 e. The van der Waals surface area contributed by atoms with Crippen LogP contribution >= 0.6 is 0 Å². The summed E-state index contributed by atoms with van der Waals surface area (Å²) in [5.74, 6) is -0.722. The van der Waals surface area contributed by atoms with Gasteiger partial charge in [-0.1, -0.05) is 33.9 Å². The fourth-order valence-electron chi connectivity index (χ4n) is 0.713. The van der Waals surface area contributed by atoms with Crippen molar-refractivity contribution >= 4 is 11.9 Å². The minimum Gasteiger partial charge on any atom is -0.466 e. The van der Waals surface area contributed by atoms with Crippen LogP contribution in [0.5, 0.6) is 0 Å². The standard InChI is InChI=1S/C10H19NO2.C5H8O2/c1-7(2)9(12)13-6-8(11)10(3,4)5;1-4(2)5(6)7-3/h8H,1,6,11H2,2-5H3;1H2,2-3H3. The van der Waals surface area contributed by atoms with E-state index in [2.05, 4.69) is 17.9 Å². The van der Waals surface area contributed by atoms with E-state index in [1.165, 1.54) is 7.11 Å². The van der Waals surface area contributed by atoms with E-state index in [9.17, 15) is 9.59 Å². The highest BCUT2D eigenvalue weighted by molar-refractivity contribution is 5.87. The third-order valence-electron chi connectivity index (χ3n) is 2.39. The van der Waals surface area contributed by atoms with Crippen molar-refractivity contribution in [2.75, 3.05) is 13.7 Å². The Morgan fingerprint density at radius 3 is 1.70 bits per heavy atom. The maximum atomic E-state index is 11.0. The van der Waals surface area contributed by atoms with Crippen molar-refractivity contribution < 1.29 is 19.1 Å². The maximum absolute atomic E-state index is 11.0. The van der Waals surface area contributed by atoms with Crippen LogP contribution in [-0.4, -0.2) is 31.7 Å². The Hall–Kier alpha value is -1.62. The van der Waals surface area contributed by atoms with Crippen molar-refractivity contribution in [3.05, 3.63) is 24.3 Å². The summed E-state index contributed by atoms with van der Waals surface area (Å²) in [4.78, 5) is 21.2. The summed E-state index contributed by atoms with van der Waals surface area (Å²) in [7, 11) is 1.33. The first kappa shape index (κ1) is 20.7. The van der Waals surface area contributed by atoms with Crippen LogP contribution in [0.15, 0.2) is 24.3 Å². The van der Waals surface area contributed by atoms with Gasteiger partial charge in [-0.25, -0.2) is 9.59 Å². The van der Waals surface area contributed by atoms with Crippen molar-refractivity contribution in [1.29, 1.82) is 0 Å². The molecule has 2 N–H and O–H groups in total. The van der Waals surface area contributed by atoms with Gasteiger partial charge in [-0.3, -0.25) is 0 Å². The highest BCUT2D eigenvalue weighted by atomic mass is 16.5. The summed E-state index contributed by atoms with van der Waals surface area (Å²) in [6.45, 7) is 16.3. The molecular weight excluding hydrogens is 258 g/mol. The summed E-state index contributed by atoms with van der Waals surface area (Å²) in [5, 5.41) is 0. The lowest BCUT2D eigenvalue weighted by atomic mass is 9.88. The molecule has 0 aliphatic carbocycles. The lowest BCUT2D eigenvalue weighted by Gasteiger charge is -2.26. The van der Waals surface area contributed by atoms with Crippen molar-refractivity contribution in [2.45, 2.75) is 40.7 Å². The largest absolute Gasteiger partial charge is 0.466 e. The van der Waals surface area contributed by atoms with Crippen LogP contribution in [0.4, 0.5) is 0 Å². The van der Waals surface area contributed by atoms with Crippen molar-refractivity contribution in [3.8, 4) is 0 Å². The molecule has 0 radical (unpaired) electrons. The quantitative estimate of drug-likeness (QED) is 0.633. The first-order valence-corrected chi connectivity index (χ1v) is 6.25. The third kappa shape index (κ3) is 10.3. The molecule has 0 spiro atoms. The van der Waals surface area contributed by atoms with Gasteiger partial charge in [0.15, 0.2) is 0 Å². The fraction of sp³-hybridized carbons (Fsp3) is 0.600. The summed E-state index contributed by atoms with van der Waals surface area (Å²) in [6, 6.07) is -0.143. The average molecular weight is 285 g/mol. The van der Waals surface area contributed by atoms with Crippen molar-refractivity contribution in [1.82, 2.24) is 0 Å². The summed E-state index contributed by atoms with van der Waals surface area (Å²) < 4.78 is 9.20. The van der Waals surface area contributed by atoms with Gasteiger partial charge in [-0.05, 0) is 19.3 Å². The molecule has 5 heteroatoms. The lowest BCUT2D eigenvalue weighted by Crippen LogP contribution is -2.39. The van der Waals surface area contributed by atoms with E-state index < -0.39 is 0 Å². The predicted octanol–water partition coefficient (Wildman–Crippen LogP) is 2.21. The molecule has 0 heterocycles. The van der Waals surface area contributed by atoms with Crippen LogP contribution in [0.2, 0.25) is 0 Å². The van der Waals surface area contributed by atoms with E-state index in [0.717, 1.165) is 0 Å². The molecule has 5 nitrogen and oxygen atoms in total. The monoisotopic (exact) mass is 285 g/mol. The van der Waals surface area contributed by atoms with Gasteiger partial charge in [0.2, 0.25) is 0 Å². The first-order valence-electron chi connectivity index (χ1n) is 6.25. The zero-order valence-corrected chi connectivity index (χ0v) is 13.4. The number of ether oxygens (including phenoxy) is 2. The number of carbonyl (C=O) groups excluding carboxylic acids is 2. The number of rotatable bonds is 4. The van der Waals surface area contributed by atoms with Crippen LogP contribution < -0.4 is 5.73 Å². The lowest BCUT2D eigenvalue weighted by molar-refractivity contribution is -0.140. The van der Waals surface area contributed by atoms with E-state index >= 15 is 0 Å². The van der Waals surface area contributed by atoms with Crippen molar-refractivity contribution in [2.24, 2.45) is 11.1 Å². The molecule has 0 saturated heterocycles. The molecule has 0 saturated carbocycles. The SMILES string of the molecule is C=C(C)C(=O)OC.C=C(C)C(=O)OCC(N)C(C)(C)C. The summed E-state index contributed by atoms with van der Waals surface area (Å²) in [5.41, 5.74) is 6.58. The number of esters is 2. The minimum absolute atomic E-state index is 0.0463. The van der Waals surface area contributed by atoms with Crippen LogP contribution in [0.25, 0.3) is 0 Å². The van der Waals surface area contributed by atoms with Gasteiger partial charge in [0, 0.05) is 17.2 Å². The zero-order valence-electron chi connectivity index (χ0n) is 13.4. The second kappa shape index (κ2) is 9.31. The third-order valence-corrected chi connectivity index (χ3v) is 2.39. The van der Waals surface area contributed by atoms with Gasteiger partial charge < -0.3 is 15.2 Å². The number of nitrogens with two attached hydrogens (primary N) is 1. The topological polar surface area (TPSA) is 78.6 Å². The Kier molecular flexibility index (Phi) is 9.63. The second-order valence-corrected chi connectivity index (χ2v) is 5.62. The molecule has 0 aliphatic rings. The van der Waals surface area contributed by atoms with Gasteiger partial charge in [-0.15, -0.1) is 0 Å². The second-order valence-electron chi connectivity index (χ2n) is 5.62. The molecule has 116 valence electrons. The molecule has 0 bridgehead atoms. The molecule has 0 aliphatic heterocycles. The number of hydrogen-bond acceptors (Lipinski definition) is 5. The van der Waals surface area contributed by atoms with E-state index in [4.69, 9.17) is 10.5 Å². The molecule has 20 heavy (non-hydrogen) atoms. The molecule has 0 aromatic heterocycles. The number of methoxy groups -OCH3 is 1. The van der Waals surface area contributed by atoms with E-state index in [-0.39, 0.29) is 30.0 Å². The fourth-order valence-corrected chi connectivity index (χ4v) is 0.713. The molecule has 1 atom stereocenters.